The maximum Gasteiger partial charge on any atom is 0.264 e. The second kappa shape index (κ2) is 13.5. The number of aryl methyl sites for hydroxylation is 2. The number of nitrogens with zero attached hydrogens (tertiary/aromatic N) is 2. The lowest BCUT2D eigenvalue weighted by atomic mass is 10.1. The second-order valence-corrected chi connectivity index (χ2v) is 12.5. The minimum atomic E-state index is -4.15. The number of nitrogens with one attached hydrogen (secondary N) is 1. The molecule has 0 spiro atoms. The Bertz CT molecular complexity index is 1440. The number of benzene rings is 3. The Morgan fingerprint density at radius 2 is 1.50 bits per heavy atom. The zero-order valence-corrected chi connectivity index (χ0v) is 25.6. The minimum Gasteiger partial charge on any atom is -0.352 e. The molecule has 0 aromatic heterocycles. The van der Waals surface area contributed by atoms with Gasteiger partial charge in [-0.1, -0.05) is 72.1 Å². The predicted octanol–water partition coefficient (Wildman–Crippen LogP) is 6.14. The fourth-order valence-electron chi connectivity index (χ4n) is 4.10. The van der Waals surface area contributed by atoms with Gasteiger partial charge in [0.05, 0.1) is 10.6 Å². The first kappa shape index (κ1) is 31.5. The number of halogens is 2. The van der Waals surface area contributed by atoms with Crippen LogP contribution in [0.3, 0.4) is 0 Å². The quantitative estimate of drug-likeness (QED) is 0.285. The Kier molecular flexibility index (Phi) is 10.6. The SMILES string of the molecule is CC[C@@H](C)NC(=O)[C@H](C)N(Cc1c(Cl)cccc1Cl)C(=O)CN(c1ccccc1C)S(=O)(=O)c1ccc(C)cc1. The Morgan fingerprint density at radius 3 is 2.08 bits per heavy atom. The number of rotatable bonds is 11. The lowest BCUT2D eigenvalue weighted by Gasteiger charge is -2.33. The molecule has 2 atom stereocenters. The summed E-state index contributed by atoms with van der Waals surface area (Å²) in [4.78, 5) is 28.6. The molecule has 10 heteroatoms. The summed E-state index contributed by atoms with van der Waals surface area (Å²) >= 11 is 12.9. The van der Waals surface area contributed by atoms with Crippen molar-refractivity contribution in [3.05, 3.63) is 93.5 Å². The van der Waals surface area contributed by atoms with Crippen LogP contribution in [0.25, 0.3) is 0 Å². The van der Waals surface area contributed by atoms with Gasteiger partial charge in [0.2, 0.25) is 11.8 Å². The largest absolute Gasteiger partial charge is 0.352 e. The van der Waals surface area contributed by atoms with Gasteiger partial charge in [0.15, 0.2) is 0 Å². The molecule has 0 saturated heterocycles. The molecule has 0 aliphatic carbocycles. The maximum absolute atomic E-state index is 14.1. The Morgan fingerprint density at radius 1 is 0.900 bits per heavy atom. The second-order valence-electron chi connectivity index (χ2n) is 9.83. The molecular formula is C30H35Cl2N3O4S. The van der Waals surface area contributed by atoms with Crippen LogP contribution < -0.4 is 9.62 Å². The van der Waals surface area contributed by atoms with E-state index in [1.807, 2.05) is 20.8 Å². The molecular weight excluding hydrogens is 569 g/mol. The molecule has 1 N–H and O–H groups in total. The summed E-state index contributed by atoms with van der Waals surface area (Å²) < 4.78 is 29.0. The van der Waals surface area contributed by atoms with Crippen molar-refractivity contribution in [3.63, 3.8) is 0 Å². The van der Waals surface area contributed by atoms with Crippen LogP contribution in [0.5, 0.6) is 0 Å². The molecule has 0 bridgehead atoms. The van der Waals surface area contributed by atoms with E-state index in [9.17, 15) is 18.0 Å². The van der Waals surface area contributed by atoms with Gasteiger partial charge in [-0.2, -0.15) is 0 Å². The Balaban J connectivity index is 2.08. The van der Waals surface area contributed by atoms with Crippen molar-refractivity contribution in [2.75, 3.05) is 10.8 Å². The van der Waals surface area contributed by atoms with Crippen LogP contribution in [-0.4, -0.2) is 43.8 Å². The lowest BCUT2D eigenvalue weighted by Crippen LogP contribution is -2.52. The van der Waals surface area contributed by atoms with Gasteiger partial charge in [-0.05, 0) is 70.0 Å². The maximum atomic E-state index is 14.1. The minimum absolute atomic E-state index is 0.0532. The third-order valence-corrected chi connectivity index (χ3v) is 9.31. The molecule has 40 heavy (non-hydrogen) atoms. The molecule has 0 aliphatic rings. The monoisotopic (exact) mass is 603 g/mol. The number of hydrogen-bond donors (Lipinski definition) is 1. The van der Waals surface area contributed by atoms with Crippen LogP contribution in [0.1, 0.15) is 43.9 Å². The topological polar surface area (TPSA) is 86.8 Å². The smallest absolute Gasteiger partial charge is 0.264 e. The molecule has 214 valence electrons. The fraction of sp³-hybridized carbons (Fsp3) is 0.333. The average molecular weight is 605 g/mol. The molecule has 0 heterocycles. The van der Waals surface area contributed by atoms with Crippen LogP contribution >= 0.6 is 23.2 Å². The van der Waals surface area contributed by atoms with E-state index >= 15 is 0 Å². The highest BCUT2D eigenvalue weighted by molar-refractivity contribution is 7.92. The highest BCUT2D eigenvalue weighted by Gasteiger charge is 2.33. The van der Waals surface area contributed by atoms with E-state index in [0.717, 1.165) is 9.87 Å². The first-order chi connectivity index (χ1) is 18.9. The molecule has 3 aromatic rings. The number of para-hydroxylation sites is 1. The first-order valence-corrected chi connectivity index (χ1v) is 15.2. The van der Waals surface area contributed by atoms with Crippen LogP contribution in [0.2, 0.25) is 10.0 Å². The van der Waals surface area contributed by atoms with E-state index in [1.54, 1.807) is 68.4 Å². The molecule has 3 rings (SSSR count). The standard InChI is InChI=1S/C30H35Cl2N3O4S/c1-6-22(4)33-30(37)23(5)34(18-25-26(31)11-9-12-27(25)32)29(36)19-35(28-13-8-7-10-21(28)3)40(38,39)24-16-14-20(2)15-17-24/h7-17,22-23H,6,18-19H2,1-5H3,(H,33,37)/t22-,23+/m1/s1. The van der Waals surface area contributed by atoms with Crippen molar-refractivity contribution in [1.82, 2.24) is 10.2 Å². The van der Waals surface area contributed by atoms with Crippen molar-refractivity contribution in [3.8, 4) is 0 Å². The first-order valence-electron chi connectivity index (χ1n) is 13.0. The lowest BCUT2D eigenvalue weighted by molar-refractivity contribution is -0.139. The zero-order valence-electron chi connectivity index (χ0n) is 23.3. The van der Waals surface area contributed by atoms with Gasteiger partial charge in [-0.25, -0.2) is 8.42 Å². The number of carbonyl (C=O) groups is 2. The zero-order chi connectivity index (χ0) is 29.6. The van der Waals surface area contributed by atoms with E-state index in [4.69, 9.17) is 23.2 Å². The third-order valence-electron chi connectivity index (χ3n) is 6.83. The van der Waals surface area contributed by atoms with Crippen LogP contribution in [-0.2, 0) is 26.2 Å². The van der Waals surface area contributed by atoms with Gasteiger partial charge in [0, 0.05) is 28.2 Å². The molecule has 3 aromatic carbocycles. The summed E-state index contributed by atoms with van der Waals surface area (Å²) in [6.07, 6.45) is 0.707. The molecule has 0 aliphatic heterocycles. The van der Waals surface area contributed by atoms with Gasteiger partial charge in [-0.3, -0.25) is 13.9 Å². The van der Waals surface area contributed by atoms with E-state index in [0.29, 0.717) is 33.3 Å². The van der Waals surface area contributed by atoms with Crippen molar-refractivity contribution in [1.29, 1.82) is 0 Å². The number of hydrogen-bond acceptors (Lipinski definition) is 4. The highest BCUT2D eigenvalue weighted by atomic mass is 35.5. The summed E-state index contributed by atoms with van der Waals surface area (Å²) in [5.74, 6) is -0.948. The van der Waals surface area contributed by atoms with Gasteiger partial charge >= 0.3 is 0 Å². The normalized spacial score (nSPS) is 12.9. The predicted molar refractivity (Wildman–Crippen MR) is 161 cm³/mol. The van der Waals surface area contributed by atoms with Gasteiger partial charge in [-0.15, -0.1) is 0 Å². The van der Waals surface area contributed by atoms with Crippen LogP contribution in [0, 0.1) is 13.8 Å². The van der Waals surface area contributed by atoms with E-state index in [1.165, 1.54) is 17.0 Å². The molecule has 2 amide bonds. The number of amides is 2. The third kappa shape index (κ3) is 7.36. The van der Waals surface area contributed by atoms with E-state index < -0.39 is 28.5 Å². The van der Waals surface area contributed by atoms with Crippen molar-refractivity contribution >= 4 is 50.7 Å². The molecule has 0 unspecified atom stereocenters. The van der Waals surface area contributed by atoms with E-state index in [2.05, 4.69) is 5.32 Å². The number of sulfonamides is 1. The van der Waals surface area contributed by atoms with Crippen LogP contribution in [0.4, 0.5) is 5.69 Å². The van der Waals surface area contributed by atoms with Crippen molar-refractivity contribution in [2.24, 2.45) is 0 Å². The summed E-state index contributed by atoms with van der Waals surface area (Å²) in [5, 5.41) is 3.58. The average Bonchev–Trinajstić information content (AvgIpc) is 2.91. The van der Waals surface area contributed by atoms with Crippen molar-refractivity contribution < 1.29 is 18.0 Å². The van der Waals surface area contributed by atoms with Gasteiger partial charge < -0.3 is 10.2 Å². The summed E-state index contributed by atoms with van der Waals surface area (Å²) in [5.41, 5.74) is 2.41. The van der Waals surface area contributed by atoms with Crippen molar-refractivity contribution in [2.45, 2.75) is 64.6 Å². The van der Waals surface area contributed by atoms with Gasteiger partial charge in [0.25, 0.3) is 10.0 Å². The summed E-state index contributed by atoms with van der Waals surface area (Å²) in [7, 11) is -4.15. The summed E-state index contributed by atoms with van der Waals surface area (Å²) in [6, 6.07) is 17.3. The summed E-state index contributed by atoms with van der Waals surface area (Å²) in [6.45, 7) is 8.44. The molecule has 0 radical (unpaired) electrons. The Labute approximate surface area is 247 Å². The molecule has 7 nitrogen and oxygen atoms in total. The molecule has 0 saturated carbocycles. The highest BCUT2D eigenvalue weighted by Crippen LogP contribution is 2.29. The van der Waals surface area contributed by atoms with Crippen LogP contribution in [0.15, 0.2) is 71.6 Å². The number of carbonyl (C=O) groups excluding carboxylic acids is 2. The Hall–Kier alpha value is -3.07. The number of anilines is 1. The van der Waals surface area contributed by atoms with E-state index in [-0.39, 0.29) is 23.4 Å². The van der Waals surface area contributed by atoms with Gasteiger partial charge in [0.1, 0.15) is 12.6 Å². The molecule has 0 fully saturated rings. The fourth-order valence-corrected chi connectivity index (χ4v) is 6.09.